The molecule has 0 spiro atoms. The Morgan fingerprint density at radius 1 is 0.767 bits per heavy atom. The van der Waals surface area contributed by atoms with Crippen molar-refractivity contribution in [3.8, 4) is 11.5 Å². The molecule has 0 aliphatic carbocycles. The molecule has 0 bridgehead atoms. The molecule has 152 valence electrons. The molecule has 3 heteroatoms. The summed E-state index contributed by atoms with van der Waals surface area (Å²) in [6.07, 6.45) is 2.03. The van der Waals surface area contributed by atoms with Crippen molar-refractivity contribution in [3.05, 3.63) is 95.1 Å². The lowest BCUT2D eigenvalue weighted by Gasteiger charge is -2.43. The topological polar surface area (TPSA) is 21.7 Å². The van der Waals surface area contributed by atoms with Crippen LogP contribution in [0, 0.1) is 0 Å². The number of fused-ring (bicyclic) bond motifs is 3. The lowest BCUT2D eigenvalue weighted by Crippen LogP contribution is -2.39. The number of rotatable bonds is 4. The molecule has 3 nitrogen and oxygen atoms in total. The smallest absolute Gasteiger partial charge is 0.161 e. The molecule has 30 heavy (non-hydrogen) atoms. The SMILES string of the molecule is COc1cc2c(cc1OC)[C@H]1CC(c3ccccc3)=C(c3ccccc3)CN1CC2. The molecule has 0 radical (unpaired) electrons. The van der Waals surface area contributed by atoms with Crippen LogP contribution in [0.15, 0.2) is 72.8 Å². The highest BCUT2D eigenvalue weighted by Gasteiger charge is 2.34. The van der Waals surface area contributed by atoms with E-state index in [2.05, 4.69) is 77.7 Å². The first kappa shape index (κ1) is 19.0. The summed E-state index contributed by atoms with van der Waals surface area (Å²) >= 11 is 0. The summed E-state index contributed by atoms with van der Waals surface area (Å²) in [4.78, 5) is 2.63. The van der Waals surface area contributed by atoms with E-state index in [9.17, 15) is 0 Å². The summed E-state index contributed by atoms with van der Waals surface area (Å²) in [5.74, 6) is 1.64. The molecule has 0 unspecified atom stereocenters. The minimum atomic E-state index is 0.358. The Balaban J connectivity index is 1.63. The molecule has 3 aromatic carbocycles. The molecular weight excluding hydrogens is 370 g/mol. The van der Waals surface area contributed by atoms with E-state index >= 15 is 0 Å². The van der Waals surface area contributed by atoms with Crippen molar-refractivity contribution in [2.24, 2.45) is 0 Å². The van der Waals surface area contributed by atoms with Crippen molar-refractivity contribution in [2.75, 3.05) is 27.3 Å². The lowest BCUT2D eigenvalue weighted by atomic mass is 9.80. The summed E-state index contributed by atoms with van der Waals surface area (Å²) in [6.45, 7) is 2.03. The largest absolute Gasteiger partial charge is 0.493 e. The Bertz CT molecular complexity index is 1070. The van der Waals surface area contributed by atoms with Crippen LogP contribution >= 0.6 is 0 Å². The van der Waals surface area contributed by atoms with Gasteiger partial charge in [0.2, 0.25) is 0 Å². The van der Waals surface area contributed by atoms with E-state index < -0.39 is 0 Å². The Morgan fingerprint density at radius 3 is 2.00 bits per heavy atom. The van der Waals surface area contributed by atoms with Gasteiger partial charge in [0, 0.05) is 19.1 Å². The van der Waals surface area contributed by atoms with Gasteiger partial charge in [-0.3, -0.25) is 4.90 Å². The Morgan fingerprint density at radius 2 is 1.37 bits per heavy atom. The number of hydrogen-bond acceptors (Lipinski definition) is 3. The van der Waals surface area contributed by atoms with Crippen LogP contribution in [0.1, 0.15) is 34.7 Å². The second-order valence-electron chi connectivity index (χ2n) is 8.04. The van der Waals surface area contributed by atoms with Gasteiger partial charge >= 0.3 is 0 Å². The number of nitrogens with zero attached hydrogens (tertiary/aromatic N) is 1. The minimum absolute atomic E-state index is 0.358. The van der Waals surface area contributed by atoms with E-state index in [0.717, 1.165) is 37.4 Å². The quantitative estimate of drug-likeness (QED) is 0.570. The van der Waals surface area contributed by atoms with Crippen molar-refractivity contribution in [3.63, 3.8) is 0 Å². The first-order valence-electron chi connectivity index (χ1n) is 10.6. The molecule has 5 rings (SSSR count). The maximum atomic E-state index is 5.63. The van der Waals surface area contributed by atoms with Gasteiger partial charge in [-0.05, 0) is 58.4 Å². The highest BCUT2D eigenvalue weighted by molar-refractivity contribution is 5.93. The fourth-order valence-electron chi connectivity index (χ4n) is 4.96. The van der Waals surface area contributed by atoms with Crippen molar-refractivity contribution >= 4 is 11.1 Å². The van der Waals surface area contributed by atoms with Crippen LogP contribution in [0.2, 0.25) is 0 Å². The van der Waals surface area contributed by atoms with Crippen molar-refractivity contribution in [1.29, 1.82) is 0 Å². The van der Waals surface area contributed by atoms with Crippen LogP contribution < -0.4 is 9.47 Å². The van der Waals surface area contributed by atoms with Crippen LogP contribution in [-0.2, 0) is 6.42 Å². The van der Waals surface area contributed by atoms with E-state index in [1.807, 2.05) is 0 Å². The Hall–Kier alpha value is -3.04. The van der Waals surface area contributed by atoms with Gasteiger partial charge in [0.15, 0.2) is 11.5 Å². The first-order valence-corrected chi connectivity index (χ1v) is 10.6. The number of benzene rings is 3. The van der Waals surface area contributed by atoms with Crippen LogP contribution in [0.5, 0.6) is 11.5 Å². The van der Waals surface area contributed by atoms with E-state index in [1.165, 1.54) is 33.4 Å². The van der Waals surface area contributed by atoms with Gasteiger partial charge in [0.05, 0.1) is 14.2 Å². The summed E-state index contributed by atoms with van der Waals surface area (Å²) in [5, 5.41) is 0. The molecule has 0 fully saturated rings. The standard InChI is InChI=1S/C27H27NO2/c1-29-26-15-21-13-14-28-18-24(20-11-7-4-8-12-20)22(19-9-5-3-6-10-19)16-25(28)23(21)17-27(26)30-2/h3-12,15,17,25H,13-14,16,18H2,1-2H3/t25-/m1/s1. The first-order chi connectivity index (χ1) is 14.8. The average molecular weight is 398 g/mol. The molecule has 0 saturated carbocycles. The van der Waals surface area contributed by atoms with Crippen LogP contribution in [0.25, 0.3) is 11.1 Å². The van der Waals surface area contributed by atoms with Gasteiger partial charge in [-0.25, -0.2) is 0 Å². The van der Waals surface area contributed by atoms with E-state index in [-0.39, 0.29) is 0 Å². The number of hydrogen-bond donors (Lipinski definition) is 0. The van der Waals surface area contributed by atoms with E-state index in [1.54, 1.807) is 14.2 Å². The normalized spacial score (nSPS) is 18.5. The van der Waals surface area contributed by atoms with Gasteiger partial charge in [0.25, 0.3) is 0 Å². The summed E-state index contributed by atoms with van der Waals surface area (Å²) < 4.78 is 11.2. The fraction of sp³-hybridized carbons (Fsp3) is 0.259. The Labute approximate surface area is 178 Å². The van der Waals surface area contributed by atoms with E-state index in [4.69, 9.17) is 9.47 Å². The lowest BCUT2D eigenvalue weighted by molar-refractivity contribution is 0.205. The third-order valence-electron chi connectivity index (χ3n) is 6.48. The molecule has 0 amide bonds. The summed E-state index contributed by atoms with van der Waals surface area (Å²) in [6, 6.07) is 26.4. The van der Waals surface area contributed by atoms with Gasteiger partial charge in [-0.2, -0.15) is 0 Å². The highest BCUT2D eigenvalue weighted by Crippen LogP contribution is 2.46. The zero-order chi connectivity index (χ0) is 20.5. The minimum Gasteiger partial charge on any atom is -0.493 e. The van der Waals surface area contributed by atoms with Crippen LogP contribution in [0.3, 0.4) is 0 Å². The maximum Gasteiger partial charge on any atom is 0.161 e. The van der Waals surface area contributed by atoms with Crippen molar-refractivity contribution < 1.29 is 9.47 Å². The molecular formula is C27H27NO2. The number of ether oxygens (including phenoxy) is 2. The second-order valence-corrected chi connectivity index (χ2v) is 8.04. The predicted molar refractivity (Wildman–Crippen MR) is 122 cm³/mol. The predicted octanol–water partition coefficient (Wildman–Crippen LogP) is 5.62. The zero-order valence-electron chi connectivity index (χ0n) is 17.6. The molecule has 0 aromatic heterocycles. The van der Waals surface area contributed by atoms with Crippen LogP contribution in [0.4, 0.5) is 0 Å². The molecule has 1 atom stereocenters. The molecule has 2 heterocycles. The molecule has 2 aliphatic rings. The molecule has 0 saturated heterocycles. The Kier molecular flexibility index (Phi) is 5.06. The monoisotopic (exact) mass is 397 g/mol. The highest BCUT2D eigenvalue weighted by atomic mass is 16.5. The molecule has 3 aromatic rings. The van der Waals surface area contributed by atoms with Crippen LogP contribution in [-0.4, -0.2) is 32.2 Å². The third-order valence-corrected chi connectivity index (χ3v) is 6.48. The maximum absolute atomic E-state index is 5.63. The van der Waals surface area contributed by atoms with Gasteiger partial charge in [-0.15, -0.1) is 0 Å². The fourth-order valence-corrected chi connectivity index (χ4v) is 4.96. The average Bonchev–Trinajstić information content (AvgIpc) is 2.83. The second kappa shape index (κ2) is 8.00. The van der Waals surface area contributed by atoms with Gasteiger partial charge in [-0.1, -0.05) is 60.7 Å². The summed E-state index contributed by atoms with van der Waals surface area (Å²) in [5.41, 5.74) is 8.30. The summed E-state index contributed by atoms with van der Waals surface area (Å²) in [7, 11) is 3.43. The molecule has 2 aliphatic heterocycles. The van der Waals surface area contributed by atoms with Crippen molar-refractivity contribution in [1.82, 2.24) is 4.90 Å². The van der Waals surface area contributed by atoms with Gasteiger partial charge < -0.3 is 9.47 Å². The van der Waals surface area contributed by atoms with Gasteiger partial charge in [0.1, 0.15) is 0 Å². The van der Waals surface area contributed by atoms with Crippen molar-refractivity contribution in [2.45, 2.75) is 18.9 Å². The molecule has 0 N–H and O–H groups in total. The van der Waals surface area contributed by atoms with E-state index in [0.29, 0.717) is 6.04 Å². The number of methoxy groups -OCH3 is 2. The third kappa shape index (κ3) is 3.29. The zero-order valence-corrected chi connectivity index (χ0v) is 17.6.